The number of likely N-dealkylation sites (tertiary alicyclic amines) is 1. The number of aromatic amines is 2. The molecule has 2 fully saturated rings. The molecule has 1 aromatic carbocycles. The maximum absolute atomic E-state index is 13.7. The Balaban J connectivity index is 1.26. The summed E-state index contributed by atoms with van der Waals surface area (Å²) in [5.41, 5.74) is 10.1. The highest BCUT2D eigenvalue weighted by atomic mass is 16.5. The average molecular weight is 471 g/mol. The van der Waals surface area contributed by atoms with Crippen LogP contribution in [0.3, 0.4) is 0 Å². The molecule has 10 nitrogen and oxygen atoms in total. The van der Waals surface area contributed by atoms with Crippen molar-refractivity contribution < 1.29 is 23.9 Å². The van der Waals surface area contributed by atoms with E-state index in [0.29, 0.717) is 36.6 Å². The minimum absolute atomic E-state index is 0.184. The molecule has 2 atom stereocenters. The summed E-state index contributed by atoms with van der Waals surface area (Å²) in [5.74, 6) is -0.822. The molecule has 1 spiro atoms. The molecule has 4 aliphatic rings. The highest BCUT2D eigenvalue weighted by molar-refractivity contribution is 6.10. The van der Waals surface area contributed by atoms with Crippen molar-refractivity contribution in [1.29, 1.82) is 0 Å². The number of rotatable bonds is 2. The van der Waals surface area contributed by atoms with Gasteiger partial charge in [0.1, 0.15) is 11.4 Å². The Morgan fingerprint density at radius 3 is 2.74 bits per heavy atom. The van der Waals surface area contributed by atoms with E-state index in [0.717, 1.165) is 34.1 Å². The van der Waals surface area contributed by atoms with Gasteiger partial charge in [-0.3, -0.25) is 14.5 Å². The first-order chi connectivity index (χ1) is 16.8. The number of benzene rings is 1. The van der Waals surface area contributed by atoms with Crippen molar-refractivity contribution in [3.8, 4) is 0 Å². The number of fused-ring (bicyclic) bond motifs is 4. The summed E-state index contributed by atoms with van der Waals surface area (Å²) >= 11 is 0. The van der Waals surface area contributed by atoms with E-state index in [1.807, 2.05) is 18.2 Å². The number of nitrogens with zero attached hydrogens (tertiary/aromatic N) is 2. The zero-order valence-electron chi connectivity index (χ0n) is 18.8. The van der Waals surface area contributed by atoms with E-state index in [9.17, 15) is 19.2 Å². The van der Waals surface area contributed by atoms with Crippen LogP contribution in [0.1, 0.15) is 49.0 Å². The Bertz CT molecular complexity index is 1560. The van der Waals surface area contributed by atoms with Crippen LogP contribution in [-0.4, -0.2) is 58.8 Å². The monoisotopic (exact) mass is 471 g/mol. The van der Waals surface area contributed by atoms with E-state index in [-0.39, 0.29) is 23.3 Å². The molecule has 2 unspecified atom stereocenters. The smallest absolute Gasteiger partial charge is 0.354 e. The number of piperidine rings is 1. The standard InChI is InChI=1S/C25H21N5O5/c1-35-23(33)17-7-14-21(28-17)19(31)8-20-25(14)9-11(25)10-30(20)22(32)16-6-13-12-4-5-29(24(26)34)18(12)3-2-15(13)27-16/h2-3,6-8,11,27-28H,4-5,9-10H2,1H3,(H2,26,34). The van der Waals surface area contributed by atoms with Crippen LogP contribution in [0, 0.1) is 5.92 Å². The van der Waals surface area contributed by atoms with Crippen molar-refractivity contribution in [3.05, 3.63) is 64.2 Å². The topological polar surface area (TPSA) is 142 Å². The summed E-state index contributed by atoms with van der Waals surface area (Å²) in [5, 5.41) is 0.887. The first-order valence-corrected chi connectivity index (χ1v) is 11.4. The summed E-state index contributed by atoms with van der Waals surface area (Å²) in [7, 11) is 1.29. The molecule has 2 aromatic heterocycles. The molecule has 4 heterocycles. The Kier molecular flexibility index (Phi) is 3.67. The van der Waals surface area contributed by atoms with E-state index in [4.69, 9.17) is 10.5 Å². The van der Waals surface area contributed by atoms with Crippen molar-refractivity contribution in [1.82, 2.24) is 14.9 Å². The fourth-order valence-electron chi connectivity index (χ4n) is 6.31. The second-order valence-corrected chi connectivity index (χ2v) is 9.59. The zero-order valence-corrected chi connectivity index (χ0v) is 18.8. The van der Waals surface area contributed by atoms with Crippen molar-refractivity contribution in [3.63, 3.8) is 0 Å². The Hall–Kier alpha value is -4.34. The van der Waals surface area contributed by atoms with Crippen LogP contribution in [0.5, 0.6) is 0 Å². The summed E-state index contributed by atoms with van der Waals surface area (Å²) in [4.78, 5) is 59.7. The van der Waals surface area contributed by atoms with E-state index < -0.39 is 17.4 Å². The Morgan fingerprint density at radius 2 is 1.97 bits per heavy atom. The minimum Gasteiger partial charge on any atom is -0.464 e. The number of amides is 3. The van der Waals surface area contributed by atoms with Crippen molar-refractivity contribution in [2.75, 3.05) is 25.1 Å². The van der Waals surface area contributed by atoms with Crippen LogP contribution in [0.2, 0.25) is 0 Å². The number of nitrogens with two attached hydrogens (primary N) is 1. The third-order valence-corrected chi connectivity index (χ3v) is 7.98. The van der Waals surface area contributed by atoms with E-state index in [2.05, 4.69) is 9.97 Å². The molecule has 35 heavy (non-hydrogen) atoms. The fourth-order valence-corrected chi connectivity index (χ4v) is 6.31. The number of ketones is 1. The number of allylic oxidation sites excluding steroid dienone is 2. The molecule has 3 amide bonds. The lowest BCUT2D eigenvalue weighted by atomic mass is 9.85. The zero-order chi connectivity index (χ0) is 24.2. The van der Waals surface area contributed by atoms with Gasteiger partial charge in [0.15, 0.2) is 0 Å². The van der Waals surface area contributed by atoms with Crippen molar-refractivity contribution in [2.45, 2.75) is 18.3 Å². The van der Waals surface area contributed by atoms with E-state index in [1.165, 1.54) is 18.1 Å². The quantitative estimate of drug-likeness (QED) is 0.492. The molecule has 1 saturated heterocycles. The second-order valence-electron chi connectivity index (χ2n) is 9.59. The van der Waals surface area contributed by atoms with Gasteiger partial charge in [0, 0.05) is 46.9 Å². The van der Waals surface area contributed by atoms with Gasteiger partial charge < -0.3 is 25.3 Å². The van der Waals surface area contributed by atoms with Gasteiger partial charge in [0.05, 0.1) is 12.8 Å². The molecule has 2 aliphatic carbocycles. The van der Waals surface area contributed by atoms with Gasteiger partial charge in [-0.15, -0.1) is 0 Å². The average Bonchev–Trinajstić information content (AvgIpc) is 3.34. The maximum Gasteiger partial charge on any atom is 0.354 e. The Morgan fingerprint density at radius 1 is 1.14 bits per heavy atom. The largest absolute Gasteiger partial charge is 0.464 e. The van der Waals surface area contributed by atoms with E-state index in [1.54, 1.807) is 11.0 Å². The Labute approximate surface area is 198 Å². The lowest BCUT2D eigenvalue weighted by molar-refractivity contribution is 0.0594. The van der Waals surface area contributed by atoms with Gasteiger partial charge >= 0.3 is 12.0 Å². The molecule has 2 aliphatic heterocycles. The number of hydrogen-bond acceptors (Lipinski definition) is 5. The van der Waals surface area contributed by atoms with Gasteiger partial charge in [-0.05, 0) is 54.2 Å². The van der Waals surface area contributed by atoms with Gasteiger partial charge in [-0.2, -0.15) is 0 Å². The van der Waals surface area contributed by atoms with Gasteiger partial charge in [-0.1, -0.05) is 0 Å². The third-order valence-electron chi connectivity index (χ3n) is 7.98. The van der Waals surface area contributed by atoms with Crippen LogP contribution in [0.25, 0.3) is 10.9 Å². The molecular weight excluding hydrogens is 450 g/mol. The number of methoxy groups -OCH3 is 1. The number of carbonyl (C=O) groups excluding carboxylic acids is 4. The van der Waals surface area contributed by atoms with Crippen LogP contribution < -0.4 is 10.6 Å². The maximum atomic E-state index is 13.7. The molecular formula is C25H21N5O5. The summed E-state index contributed by atoms with van der Waals surface area (Å²) in [6, 6.07) is 6.70. The third kappa shape index (κ3) is 2.43. The number of aromatic nitrogens is 2. The number of ether oxygens (including phenoxy) is 1. The minimum atomic E-state index is -0.534. The summed E-state index contributed by atoms with van der Waals surface area (Å²) < 4.78 is 4.81. The number of hydrogen-bond donors (Lipinski definition) is 3. The summed E-state index contributed by atoms with van der Waals surface area (Å²) in [6.45, 7) is 1.01. The molecule has 0 radical (unpaired) electrons. The predicted octanol–water partition coefficient (Wildman–Crippen LogP) is 2.22. The molecule has 176 valence electrons. The van der Waals surface area contributed by atoms with Crippen LogP contribution in [0.15, 0.2) is 36.0 Å². The first-order valence-electron chi connectivity index (χ1n) is 11.4. The first kappa shape index (κ1) is 20.1. The molecule has 0 bridgehead atoms. The van der Waals surface area contributed by atoms with Crippen LogP contribution >= 0.6 is 0 Å². The SMILES string of the molecule is COC(=O)c1cc2c([nH]1)C(=O)C=C1N(C(=O)c3cc4c5c(ccc4[nH]3)N(C(N)=O)CC5)CC3CC123. The summed E-state index contributed by atoms with van der Waals surface area (Å²) in [6.07, 6.45) is 3.01. The van der Waals surface area contributed by atoms with Gasteiger partial charge in [0.2, 0.25) is 5.78 Å². The van der Waals surface area contributed by atoms with Crippen molar-refractivity contribution in [2.24, 2.45) is 11.7 Å². The molecule has 4 N–H and O–H groups in total. The normalized spacial score (nSPS) is 23.5. The number of nitrogens with one attached hydrogen (secondary N) is 2. The molecule has 1 saturated carbocycles. The molecule has 7 rings (SSSR count). The van der Waals surface area contributed by atoms with Crippen LogP contribution in [-0.2, 0) is 16.6 Å². The van der Waals surface area contributed by atoms with Crippen molar-refractivity contribution >= 4 is 40.3 Å². The number of urea groups is 1. The molecule has 3 aromatic rings. The number of anilines is 1. The predicted molar refractivity (Wildman–Crippen MR) is 124 cm³/mol. The van der Waals surface area contributed by atoms with Gasteiger partial charge in [0.25, 0.3) is 5.91 Å². The number of esters is 1. The van der Waals surface area contributed by atoms with Crippen LogP contribution in [0.4, 0.5) is 10.5 Å². The second kappa shape index (κ2) is 6.41. The number of carbonyl (C=O) groups is 4. The fraction of sp³-hybridized carbons (Fsp3) is 0.280. The lowest BCUT2D eigenvalue weighted by Crippen LogP contribution is -2.33. The number of H-pyrrole nitrogens is 2. The molecule has 10 heteroatoms. The highest BCUT2D eigenvalue weighted by Gasteiger charge is 2.68. The van der Waals surface area contributed by atoms with E-state index >= 15 is 0 Å². The lowest BCUT2D eigenvalue weighted by Gasteiger charge is -2.27. The van der Waals surface area contributed by atoms with Gasteiger partial charge in [-0.25, -0.2) is 9.59 Å². The highest BCUT2D eigenvalue weighted by Crippen LogP contribution is 2.66. The number of primary amides is 1.